The average Bonchev–Trinajstić information content (AvgIpc) is 2.78. The molecule has 1 unspecified atom stereocenters. The number of nitrogens with zero attached hydrogens (tertiary/aromatic N) is 2. The molecule has 17 heavy (non-hydrogen) atoms. The Morgan fingerprint density at radius 3 is 3.12 bits per heavy atom. The fourth-order valence-corrected chi connectivity index (χ4v) is 3.12. The highest BCUT2D eigenvalue weighted by Crippen LogP contribution is 2.27. The molecule has 2 heterocycles. The van der Waals surface area contributed by atoms with Gasteiger partial charge in [-0.05, 0) is 29.9 Å². The molecular formula is C10H12ClN3O2S. The van der Waals surface area contributed by atoms with Crippen LogP contribution < -0.4 is 5.32 Å². The number of halogens is 1. The molecule has 92 valence electrons. The van der Waals surface area contributed by atoms with Crippen LogP contribution in [0.3, 0.4) is 0 Å². The summed E-state index contributed by atoms with van der Waals surface area (Å²) >= 11 is 7.65. The molecule has 2 rings (SSSR count). The van der Waals surface area contributed by atoms with Gasteiger partial charge >= 0.3 is 5.69 Å². The largest absolute Gasteiger partial charge is 0.364 e. The van der Waals surface area contributed by atoms with Crippen LogP contribution in [-0.4, -0.2) is 28.0 Å². The van der Waals surface area contributed by atoms with E-state index in [1.165, 1.54) is 12.1 Å². The fraction of sp³-hybridized carbons (Fsp3) is 0.500. The van der Waals surface area contributed by atoms with Crippen molar-refractivity contribution in [1.82, 2.24) is 4.98 Å². The van der Waals surface area contributed by atoms with Crippen LogP contribution in [0.2, 0.25) is 5.15 Å². The predicted octanol–water partition coefficient (Wildman–Crippen LogP) is 2.81. The SMILES string of the molecule is O=[N+]([O-])c1ccc(Cl)nc1NCC1CCSC1. The van der Waals surface area contributed by atoms with Gasteiger partial charge in [0.2, 0.25) is 5.82 Å². The van der Waals surface area contributed by atoms with Crippen molar-refractivity contribution < 1.29 is 4.92 Å². The highest BCUT2D eigenvalue weighted by molar-refractivity contribution is 7.99. The van der Waals surface area contributed by atoms with Gasteiger partial charge in [-0.2, -0.15) is 11.8 Å². The van der Waals surface area contributed by atoms with E-state index in [1.807, 2.05) is 11.8 Å². The molecule has 5 nitrogen and oxygen atoms in total. The first-order valence-corrected chi connectivity index (χ1v) is 6.82. The molecule has 0 aromatic carbocycles. The maximum atomic E-state index is 10.8. The summed E-state index contributed by atoms with van der Waals surface area (Å²) in [5.41, 5.74) is -0.0277. The van der Waals surface area contributed by atoms with Gasteiger partial charge < -0.3 is 5.32 Å². The van der Waals surface area contributed by atoms with Gasteiger partial charge in [0.05, 0.1) is 4.92 Å². The third-order valence-electron chi connectivity index (χ3n) is 2.62. The molecule has 0 radical (unpaired) electrons. The topological polar surface area (TPSA) is 68.1 Å². The molecule has 0 bridgehead atoms. The van der Waals surface area contributed by atoms with E-state index in [1.54, 1.807) is 0 Å². The Labute approximate surface area is 108 Å². The molecule has 0 spiro atoms. The monoisotopic (exact) mass is 273 g/mol. The lowest BCUT2D eigenvalue weighted by Crippen LogP contribution is -2.15. The van der Waals surface area contributed by atoms with Crippen molar-refractivity contribution in [3.8, 4) is 0 Å². The second-order valence-electron chi connectivity index (χ2n) is 3.87. The van der Waals surface area contributed by atoms with E-state index in [-0.39, 0.29) is 16.7 Å². The first-order chi connectivity index (χ1) is 8.16. The molecule has 1 aromatic rings. The normalized spacial score (nSPS) is 19.2. The number of pyridine rings is 1. The third-order valence-corrected chi connectivity index (χ3v) is 4.06. The number of hydrogen-bond acceptors (Lipinski definition) is 5. The summed E-state index contributed by atoms with van der Waals surface area (Å²) in [6.45, 7) is 0.710. The minimum atomic E-state index is -0.449. The lowest BCUT2D eigenvalue weighted by Gasteiger charge is -2.10. The van der Waals surface area contributed by atoms with Gasteiger partial charge in [-0.25, -0.2) is 4.98 Å². The molecule has 7 heteroatoms. The summed E-state index contributed by atoms with van der Waals surface area (Å²) in [5, 5.41) is 14.1. The number of nitro groups is 1. The summed E-state index contributed by atoms with van der Waals surface area (Å²) in [5.74, 6) is 3.08. The first-order valence-electron chi connectivity index (χ1n) is 5.29. The quantitative estimate of drug-likeness (QED) is 0.519. The van der Waals surface area contributed by atoms with E-state index in [4.69, 9.17) is 11.6 Å². The van der Waals surface area contributed by atoms with Gasteiger partial charge in [-0.3, -0.25) is 10.1 Å². The van der Waals surface area contributed by atoms with Crippen molar-refractivity contribution >= 4 is 34.9 Å². The molecule has 1 aromatic heterocycles. The Kier molecular flexibility index (Phi) is 4.06. The van der Waals surface area contributed by atoms with Crippen LogP contribution in [0.1, 0.15) is 6.42 Å². The second kappa shape index (κ2) is 5.55. The molecule has 1 aliphatic rings. The maximum absolute atomic E-state index is 10.8. The van der Waals surface area contributed by atoms with Crippen molar-refractivity contribution in [3.05, 3.63) is 27.4 Å². The van der Waals surface area contributed by atoms with Crippen LogP contribution >= 0.6 is 23.4 Å². The van der Waals surface area contributed by atoms with E-state index in [2.05, 4.69) is 10.3 Å². The zero-order valence-corrected chi connectivity index (χ0v) is 10.6. The summed E-state index contributed by atoms with van der Waals surface area (Å²) in [7, 11) is 0. The smallest absolute Gasteiger partial charge is 0.311 e. The second-order valence-corrected chi connectivity index (χ2v) is 5.41. The molecular weight excluding hydrogens is 262 g/mol. The Hall–Kier alpha value is -1.01. The lowest BCUT2D eigenvalue weighted by molar-refractivity contribution is -0.384. The molecule has 0 saturated carbocycles. The van der Waals surface area contributed by atoms with Gasteiger partial charge in [-0.15, -0.1) is 0 Å². The van der Waals surface area contributed by atoms with Crippen LogP contribution in [0.25, 0.3) is 0 Å². The zero-order valence-electron chi connectivity index (χ0n) is 9.06. The number of rotatable bonds is 4. The van der Waals surface area contributed by atoms with Crippen LogP contribution in [0.15, 0.2) is 12.1 Å². The van der Waals surface area contributed by atoms with E-state index in [9.17, 15) is 10.1 Å². The fourth-order valence-electron chi connectivity index (χ4n) is 1.69. The molecule has 1 fully saturated rings. The molecule has 1 atom stereocenters. The molecule has 1 N–H and O–H groups in total. The lowest BCUT2D eigenvalue weighted by atomic mass is 10.1. The van der Waals surface area contributed by atoms with Crippen molar-refractivity contribution in [3.63, 3.8) is 0 Å². The highest BCUT2D eigenvalue weighted by atomic mass is 35.5. The minimum absolute atomic E-state index is 0.0277. The first kappa shape index (κ1) is 12.4. The summed E-state index contributed by atoms with van der Waals surface area (Å²) in [4.78, 5) is 14.3. The van der Waals surface area contributed by atoms with Crippen LogP contribution in [-0.2, 0) is 0 Å². The van der Waals surface area contributed by atoms with Crippen molar-refractivity contribution in [2.75, 3.05) is 23.4 Å². The standard InChI is InChI=1S/C10H12ClN3O2S/c11-9-2-1-8(14(15)16)10(13-9)12-5-7-3-4-17-6-7/h1-2,7H,3-6H2,(H,12,13). The number of nitrogens with one attached hydrogen (secondary N) is 1. The zero-order chi connectivity index (χ0) is 12.3. The third kappa shape index (κ3) is 3.23. The Morgan fingerprint density at radius 1 is 1.65 bits per heavy atom. The maximum Gasteiger partial charge on any atom is 0.311 e. The van der Waals surface area contributed by atoms with Crippen molar-refractivity contribution in [2.45, 2.75) is 6.42 Å². The van der Waals surface area contributed by atoms with Crippen LogP contribution in [0.5, 0.6) is 0 Å². The average molecular weight is 274 g/mol. The number of hydrogen-bond donors (Lipinski definition) is 1. The van der Waals surface area contributed by atoms with E-state index < -0.39 is 4.92 Å². The number of thioether (sulfide) groups is 1. The van der Waals surface area contributed by atoms with Gasteiger partial charge in [-0.1, -0.05) is 11.6 Å². The molecule has 0 aliphatic carbocycles. The van der Waals surface area contributed by atoms with Gasteiger partial charge in [0.15, 0.2) is 0 Å². The summed E-state index contributed by atoms with van der Waals surface area (Å²) in [6, 6.07) is 2.80. The highest BCUT2D eigenvalue weighted by Gasteiger charge is 2.19. The van der Waals surface area contributed by atoms with Gasteiger partial charge in [0.25, 0.3) is 0 Å². The van der Waals surface area contributed by atoms with E-state index >= 15 is 0 Å². The summed E-state index contributed by atoms with van der Waals surface area (Å²) in [6.07, 6.45) is 1.14. The predicted molar refractivity (Wildman–Crippen MR) is 69.8 cm³/mol. The van der Waals surface area contributed by atoms with Gasteiger partial charge in [0.1, 0.15) is 5.15 Å². The van der Waals surface area contributed by atoms with Crippen molar-refractivity contribution in [1.29, 1.82) is 0 Å². The van der Waals surface area contributed by atoms with E-state index in [0.717, 1.165) is 17.9 Å². The summed E-state index contributed by atoms with van der Waals surface area (Å²) < 4.78 is 0. The van der Waals surface area contributed by atoms with Crippen LogP contribution in [0, 0.1) is 16.0 Å². The van der Waals surface area contributed by atoms with E-state index in [0.29, 0.717) is 12.5 Å². The Bertz CT molecular complexity index is 424. The van der Waals surface area contributed by atoms with Crippen LogP contribution in [0.4, 0.5) is 11.5 Å². The minimum Gasteiger partial charge on any atom is -0.364 e. The molecule has 1 aliphatic heterocycles. The van der Waals surface area contributed by atoms with Crippen molar-refractivity contribution in [2.24, 2.45) is 5.92 Å². The number of anilines is 1. The Balaban J connectivity index is 2.07. The number of aromatic nitrogens is 1. The van der Waals surface area contributed by atoms with Gasteiger partial charge in [0, 0.05) is 12.6 Å². The Morgan fingerprint density at radius 2 is 2.47 bits per heavy atom. The molecule has 0 amide bonds. The molecule has 1 saturated heterocycles.